The van der Waals surface area contributed by atoms with Crippen LogP contribution in [-0.2, 0) is 73.5 Å². The number of para-hydroxylation sites is 1. The molecule has 3 amide bonds. The van der Waals surface area contributed by atoms with Gasteiger partial charge in [-0.1, -0.05) is 306 Å². The number of aromatic nitrogens is 3. The quantitative estimate of drug-likeness (QED) is 0.0160. The number of fused-ring (bicyclic) bond motifs is 5. The maximum Gasteiger partial charge on any atom is 1.00 e. The number of aryl methyl sites for hydroxylation is 1. The predicted molar refractivity (Wildman–Crippen MR) is 419 cm³/mol. The van der Waals surface area contributed by atoms with Crippen LogP contribution in [0.4, 0.5) is 5.69 Å². The Morgan fingerprint density at radius 1 is 0.509 bits per heavy atom. The number of nitrogens with one attached hydrogen (secondary N) is 2. The Labute approximate surface area is 821 Å². The normalized spacial score (nSPS) is 11.7. The summed E-state index contributed by atoms with van der Waals surface area (Å²) in [6.45, 7) is 11.0. The minimum Gasteiger partial charge on any atom is -0.742 e. The van der Waals surface area contributed by atoms with Gasteiger partial charge in [-0.25, -0.2) is 4.68 Å². The number of ketones is 1. The third-order valence-electron chi connectivity index (χ3n) is 19.1. The molecule has 17 nitrogen and oxygen atoms in total. The molecule has 1 aliphatic rings. The van der Waals surface area contributed by atoms with E-state index >= 15 is 0 Å². The number of carboxylic acid groups (broad SMARTS) is 1. The van der Waals surface area contributed by atoms with Crippen LogP contribution in [0.1, 0.15) is 341 Å². The minimum atomic E-state index is -1.07. The van der Waals surface area contributed by atoms with E-state index < -0.39 is 18.1 Å². The first-order valence-electron chi connectivity index (χ1n) is 40.4. The van der Waals surface area contributed by atoms with Gasteiger partial charge < -0.3 is 59.3 Å². The SMILES string of the molecule is O=C(O)CNC(=O)CCCCCn1nnc2c1-c1ccccc1CN(C(=O)CCCC(=O)[S-])c1ccccc1-2.[CH2-]C(=O)[C@H](CSC[C@H](COC(=O)CCCCCCCCCCCCCCC)OC(=O)CCCCCCCCCCCCCCC)NC(=O)CCCCCCCCCCCCCCC.[K+].[K+].[K+].[K+]. The van der Waals surface area contributed by atoms with Gasteiger partial charge in [0.25, 0.3) is 0 Å². The molecule has 1 aromatic heterocycles. The number of hydrogen-bond acceptors (Lipinski definition) is 14. The zero-order valence-electron chi connectivity index (χ0n) is 67.5. The van der Waals surface area contributed by atoms with E-state index in [1.807, 2.05) is 53.2 Å². The molecule has 0 bridgehead atoms. The molecule has 2 aromatic carbocycles. The number of hydrogen-bond donors (Lipinski definition) is 3. The van der Waals surface area contributed by atoms with Crippen LogP contribution < -0.4 is 221 Å². The summed E-state index contributed by atoms with van der Waals surface area (Å²) in [5.74, 6) is -1.71. The number of benzene rings is 2. The largest absolute Gasteiger partial charge is 1.00 e. The summed E-state index contributed by atoms with van der Waals surface area (Å²) in [7, 11) is 0. The first kappa shape index (κ1) is 109. The molecule has 106 heavy (non-hydrogen) atoms. The average molecular weight is 1610 g/mol. The molecule has 0 saturated carbocycles. The van der Waals surface area contributed by atoms with E-state index in [1.54, 1.807) is 4.90 Å². The number of thioether (sulfide) groups is 1. The minimum absolute atomic E-state index is 0. The fraction of sp³-hybridized carbons (Fsp3) is 0.723. The molecule has 0 radical (unpaired) electrons. The second kappa shape index (κ2) is 74.5. The molecule has 0 unspecified atom stereocenters. The molecular formula is C83H134K4N6O11S2+2. The maximum absolute atomic E-state index is 13.3. The molecule has 1 aliphatic heterocycles. The van der Waals surface area contributed by atoms with Crippen molar-refractivity contribution in [1.82, 2.24) is 25.6 Å². The van der Waals surface area contributed by atoms with Crippen LogP contribution in [0.2, 0.25) is 0 Å². The predicted octanol–water partition coefficient (Wildman–Crippen LogP) is 7.99. The molecule has 2 atom stereocenters. The Bertz CT molecular complexity index is 2780. The molecule has 0 aliphatic carbocycles. The Kier molecular flexibility index (Phi) is 76.5. The van der Waals surface area contributed by atoms with Crippen molar-refractivity contribution in [3.8, 4) is 22.5 Å². The number of rotatable bonds is 63. The van der Waals surface area contributed by atoms with E-state index in [-0.39, 0.29) is 279 Å². The number of carbonyl (C=O) groups excluding carboxylic acids is 7. The molecule has 23 heteroatoms. The van der Waals surface area contributed by atoms with E-state index in [2.05, 4.69) is 61.3 Å². The number of unbranched alkanes of at least 4 members (excludes halogenated alkanes) is 38. The van der Waals surface area contributed by atoms with Crippen molar-refractivity contribution >= 4 is 76.6 Å². The summed E-state index contributed by atoms with van der Waals surface area (Å²) in [5, 5.41) is 22.6. The van der Waals surface area contributed by atoms with Crippen molar-refractivity contribution in [3.63, 3.8) is 0 Å². The number of ether oxygens (including phenoxy) is 2. The zero-order chi connectivity index (χ0) is 73.9. The average Bonchev–Trinajstić information content (AvgIpc) is 1.49. The van der Waals surface area contributed by atoms with Gasteiger partial charge in [0.15, 0.2) is 0 Å². The van der Waals surface area contributed by atoms with Crippen molar-refractivity contribution in [1.29, 1.82) is 0 Å². The summed E-state index contributed by atoms with van der Waals surface area (Å²) in [6, 6.07) is 14.8. The summed E-state index contributed by atoms with van der Waals surface area (Å²) in [6.07, 6.45) is 52.4. The van der Waals surface area contributed by atoms with E-state index in [9.17, 15) is 38.4 Å². The first-order chi connectivity index (χ1) is 49.7. The first-order valence-corrected chi connectivity index (χ1v) is 41.9. The Morgan fingerprint density at radius 2 is 0.934 bits per heavy atom. The van der Waals surface area contributed by atoms with Gasteiger partial charge in [-0.3, -0.25) is 28.8 Å². The van der Waals surface area contributed by atoms with E-state index in [1.165, 1.54) is 204 Å². The van der Waals surface area contributed by atoms with Crippen LogP contribution in [0.3, 0.4) is 0 Å². The monoisotopic (exact) mass is 1610 g/mol. The number of esters is 2. The van der Waals surface area contributed by atoms with Gasteiger partial charge in [0.05, 0.1) is 24.0 Å². The van der Waals surface area contributed by atoms with Gasteiger partial charge in [0.2, 0.25) is 17.7 Å². The zero-order valence-corrected chi connectivity index (χ0v) is 81.6. The molecule has 3 aromatic rings. The summed E-state index contributed by atoms with van der Waals surface area (Å²) in [5.41, 5.74) is 5.00. The van der Waals surface area contributed by atoms with Gasteiger partial charge in [0.1, 0.15) is 24.9 Å². The van der Waals surface area contributed by atoms with Crippen LogP contribution in [0.15, 0.2) is 48.5 Å². The number of anilines is 1. The van der Waals surface area contributed by atoms with E-state index in [0.717, 1.165) is 98.7 Å². The molecule has 0 spiro atoms. The topological polar surface area (TPSA) is 233 Å². The summed E-state index contributed by atoms with van der Waals surface area (Å²) < 4.78 is 13.4. The summed E-state index contributed by atoms with van der Waals surface area (Å²) >= 11 is 6.07. The second-order valence-electron chi connectivity index (χ2n) is 28.3. The number of amides is 3. The van der Waals surface area contributed by atoms with E-state index in [4.69, 9.17) is 14.6 Å². The molecule has 3 N–H and O–H groups in total. The van der Waals surface area contributed by atoms with Crippen molar-refractivity contribution < 1.29 is 258 Å². The molecule has 4 rings (SSSR count). The van der Waals surface area contributed by atoms with Gasteiger partial charge >= 0.3 is 223 Å². The number of carboxylic acids is 1. The third kappa shape index (κ3) is 55.3. The Morgan fingerprint density at radius 3 is 1.41 bits per heavy atom. The van der Waals surface area contributed by atoms with Crippen LogP contribution in [0.5, 0.6) is 0 Å². The third-order valence-corrected chi connectivity index (χ3v) is 20.5. The smallest absolute Gasteiger partial charge is 0.742 e. The molecule has 576 valence electrons. The van der Waals surface area contributed by atoms with Gasteiger partial charge in [-0.15, -0.1) is 5.10 Å². The van der Waals surface area contributed by atoms with Gasteiger partial charge in [-0.2, -0.15) is 11.8 Å². The molecule has 2 heterocycles. The van der Waals surface area contributed by atoms with Gasteiger partial charge in [-0.05, 0) is 56.6 Å². The fourth-order valence-electron chi connectivity index (χ4n) is 13.0. The number of Topliss-reactive ketones (excluding diaryl/α,β-unsaturated/α-hetero) is 1. The Hall–Kier alpha value is 0.725. The number of aliphatic carboxylic acids is 1. The standard InChI is InChI=1S/C55H104NO6S.C28H31N5O5S.4K/c1-5-8-11-14-17-20-23-26-29-32-35-38-41-44-53(58)56-52(50(4)57)49-63-48-51(62-55(60)46-43-40-37-34-31-28-25-22-19-16-13-10-7-3)47-61-54(59)45-42-39-36-33-30-27-24-21-18-15-12-9-6-2;34-23(29-17-25(36)37)13-2-1-7-16-33-28-20-10-4-3-9-19(20)18-32(24(35)14-8-15-26(38)39)22-12-6-5-11-21(22)27(28)30-31-33;;;;/h51-52H,4-49H2,1-3H3,(H,56,58);3-6,9-12H,1-2,7-8,13-18H2,(H,29,34)(H,36,37)(H,38,39);;;;/q-1;;4*+1/p-1/t51-,52-;;;;;/m0...../s1. The maximum atomic E-state index is 13.3. The number of nitrogens with zero attached hydrogens (tertiary/aromatic N) is 4. The van der Waals surface area contributed by atoms with Crippen LogP contribution >= 0.6 is 11.8 Å². The van der Waals surface area contributed by atoms with Crippen molar-refractivity contribution in [2.24, 2.45) is 0 Å². The Balaban J connectivity index is 0. The fourth-order valence-corrected chi connectivity index (χ4v) is 14.2. The van der Waals surface area contributed by atoms with Crippen molar-refractivity contribution in [2.45, 2.75) is 361 Å². The van der Waals surface area contributed by atoms with Crippen LogP contribution in [0, 0.1) is 6.92 Å². The second-order valence-corrected chi connectivity index (χ2v) is 29.8. The molecule has 0 fully saturated rings. The van der Waals surface area contributed by atoms with Gasteiger partial charge in [0, 0.05) is 72.2 Å². The van der Waals surface area contributed by atoms with E-state index in [0.29, 0.717) is 62.4 Å². The van der Waals surface area contributed by atoms with Crippen molar-refractivity contribution in [3.05, 3.63) is 61.0 Å². The summed E-state index contributed by atoms with van der Waals surface area (Å²) in [4.78, 5) is 99.5. The van der Waals surface area contributed by atoms with Crippen LogP contribution in [0.25, 0.3) is 22.5 Å². The molecule has 0 saturated heterocycles. The number of carbonyl (C=O) groups is 8. The van der Waals surface area contributed by atoms with Crippen molar-refractivity contribution in [2.75, 3.05) is 29.6 Å². The van der Waals surface area contributed by atoms with Crippen LogP contribution in [-0.4, -0.2) is 103 Å². The molecular weight excluding hydrogens is 1480 g/mol.